The molecule has 0 saturated carbocycles. The van der Waals surface area contributed by atoms with Gasteiger partial charge in [-0.15, -0.1) is 0 Å². The Morgan fingerprint density at radius 2 is 2.00 bits per heavy atom. The lowest BCUT2D eigenvalue weighted by Gasteiger charge is -2.06. The normalized spacial score (nSPS) is 10.8. The summed E-state index contributed by atoms with van der Waals surface area (Å²) in [7, 11) is 0. The van der Waals surface area contributed by atoms with Gasteiger partial charge < -0.3 is 5.32 Å². The van der Waals surface area contributed by atoms with E-state index in [4.69, 9.17) is 11.6 Å². The minimum atomic E-state index is 0.725. The summed E-state index contributed by atoms with van der Waals surface area (Å²) >= 11 is 5.84. The summed E-state index contributed by atoms with van der Waals surface area (Å²) in [5, 5.41) is 8.31. The van der Waals surface area contributed by atoms with Crippen LogP contribution in [0.15, 0.2) is 30.6 Å². The fraction of sp³-hybridized carbons (Fsp3) is 0.385. The Morgan fingerprint density at radius 3 is 2.72 bits per heavy atom. The minimum absolute atomic E-state index is 0.725. The molecule has 0 aliphatic carbocycles. The Balaban J connectivity index is 1.84. The highest BCUT2D eigenvalue weighted by molar-refractivity contribution is 6.30. The van der Waals surface area contributed by atoms with Gasteiger partial charge in [-0.05, 0) is 24.1 Å². The van der Waals surface area contributed by atoms with Gasteiger partial charge in [-0.3, -0.25) is 0 Å². The first-order valence-electron chi connectivity index (χ1n) is 6.11. The van der Waals surface area contributed by atoms with Crippen LogP contribution in [0.3, 0.4) is 0 Å². The zero-order chi connectivity index (χ0) is 12.8. The van der Waals surface area contributed by atoms with Crippen molar-refractivity contribution in [1.82, 2.24) is 20.1 Å². The number of rotatable bonds is 6. The molecule has 1 heterocycles. The molecule has 0 atom stereocenters. The van der Waals surface area contributed by atoms with E-state index in [9.17, 15) is 0 Å². The van der Waals surface area contributed by atoms with Gasteiger partial charge in [0.2, 0.25) is 0 Å². The van der Waals surface area contributed by atoms with Crippen molar-refractivity contribution in [2.24, 2.45) is 0 Å². The largest absolute Gasteiger partial charge is 0.306 e. The van der Waals surface area contributed by atoms with E-state index in [1.807, 2.05) is 28.9 Å². The third-order valence-electron chi connectivity index (χ3n) is 2.66. The van der Waals surface area contributed by atoms with Crippen LogP contribution in [0, 0.1) is 0 Å². The van der Waals surface area contributed by atoms with E-state index < -0.39 is 0 Å². The van der Waals surface area contributed by atoms with Crippen molar-refractivity contribution in [3.63, 3.8) is 0 Å². The van der Waals surface area contributed by atoms with E-state index >= 15 is 0 Å². The fourth-order valence-corrected chi connectivity index (χ4v) is 1.87. The SMILES string of the molecule is CCCn1ncnc1CNCc1ccc(Cl)cc1. The molecule has 0 bridgehead atoms. The second-order valence-electron chi connectivity index (χ2n) is 4.13. The van der Waals surface area contributed by atoms with Gasteiger partial charge in [0.05, 0.1) is 6.54 Å². The maximum atomic E-state index is 5.84. The van der Waals surface area contributed by atoms with Crippen LogP contribution < -0.4 is 5.32 Å². The van der Waals surface area contributed by atoms with Crippen molar-refractivity contribution >= 4 is 11.6 Å². The zero-order valence-electron chi connectivity index (χ0n) is 10.4. The van der Waals surface area contributed by atoms with Gasteiger partial charge in [-0.2, -0.15) is 5.10 Å². The van der Waals surface area contributed by atoms with Gasteiger partial charge in [0.25, 0.3) is 0 Å². The van der Waals surface area contributed by atoms with Crippen molar-refractivity contribution in [3.8, 4) is 0 Å². The predicted molar refractivity (Wildman–Crippen MR) is 72.3 cm³/mol. The van der Waals surface area contributed by atoms with Crippen LogP contribution in [0.25, 0.3) is 0 Å². The molecule has 1 N–H and O–H groups in total. The van der Waals surface area contributed by atoms with E-state index in [0.29, 0.717) is 0 Å². The van der Waals surface area contributed by atoms with Crippen LogP contribution in [-0.2, 0) is 19.6 Å². The first kappa shape index (κ1) is 13.1. The third-order valence-corrected chi connectivity index (χ3v) is 2.91. The summed E-state index contributed by atoms with van der Waals surface area (Å²) in [6.45, 7) is 4.57. The highest BCUT2D eigenvalue weighted by Gasteiger charge is 2.02. The van der Waals surface area contributed by atoms with Crippen LogP contribution in [-0.4, -0.2) is 14.8 Å². The number of hydrogen-bond acceptors (Lipinski definition) is 3. The van der Waals surface area contributed by atoms with Crippen LogP contribution in [0.1, 0.15) is 24.7 Å². The molecule has 0 spiro atoms. The first-order valence-corrected chi connectivity index (χ1v) is 6.49. The lowest BCUT2D eigenvalue weighted by atomic mass is 10.2. The first-order chi connectivity index (χ1) is 8.79. The van der Waals surface area contributed by atoms with E-state index in [0.717, 1.165) is 36.9 Å². The van der Waals surface area contributed by atoms with Gasteiger partial charge in [0.1, 0.15) is 12.2 Å². The van der Waals surface area contributed by atoms with Gasteiger partial charge in [0, 0.05) is 18.1 Å². The lowest BCUT2D eigenvalue weighted by Crippen LogP contribution is -2.17. The number of hydrogen-bond donors (Lipinski definition) is 1. The molecule has 1 aromatic heterocycles. The molecule has 0 aliphatic heterocycles. The van der Waals surface area contributed by atoms with Crippen molar-refractivity contribution in [1.29, 1.82) is 0 Å². The smallest absolute Gasteiger partial charge is 0.140 e. The molecule has 2 rings (SSSR count). The number of aryl methyl sites for hydroxylation is 1. The Labute approximate surface area is 112 Å². The summed E-state index contributed by atoms with van der Waals surface area (Å²) in [5.74, 6) is 0.978. The van der Waals surface area contributed by atoms with Gasteiger partial charge in [-0.25, -0.2) is 9.67 Å². The predicted octanol–water partition coefficient (Wildman–Crippen LogP) is 2.63. The number of benzene rings is 1. The second-order valence-corrected chi connectivity index (χ2v) is 4.57. The van der Waals surface area contributed by atoms with Crippen LogP contribution in [0.4, 0.5) is 0 Å². The number of aromatic nitrogens is 3. The quantitative estimate of drug-likeness (QED) is 0.872. The Bertz CT molecular complexity index is 478. The molecular weight excluding hydrogens is 248 g/mol. The van der Waals surface area contributed by atoms with E-state index in [1.54, 1.807) is 6.33 Å². The monoisotopic (exact) mass is 264 g/mol. The number of halogens is 1. The molecule has 96 valence electrons. The summed E-state index contributed by atoms with van der Waals surface area (Å²) in [4.78, 5) is 4.25. The summed E-state index contributed by atoms with van der Waals surface area (Å²) in [6, 6.07) is 7.84. The maximum Gasteiger partial charge on any atom is 0.140 e. The molecule has 0 aliphatic rings. The van der Waals surface area contributed by atoms with Crippen LogP contribution >= 0.6 is 11.6 Å². The molecule has 0 amide bonds. The average molecular weight is 265 g/mol. The van der Waals surface area contributed by atoms with E-state index in [2.05, 4.69) is 22.3 Å². The van der Waals surface area contributed by atoms with Crippen molar-refractivity contribution in [3.05, 3.63) is 47.0 Å². The standard InChI is InChI=1S/C13H17ClN4/c1-2-7-18-13(16-10-17-18)9-15-8-11-3-5-12(14)6-4-11/h3-6,10,15H,2,7-9H2,1H3. The maximum absolute atomic E-state index is 5.84. The molecule has 2 aromatic rings. The van der Waals surface area contributed by atoms with Gasteiger partial charge in [0.15, 0.2) is 0 Å². The molecule has 1 aromatic carbocycles. The third kappa shape index (κ3) is 3.55. The molecule has 18 heavy (non-hydrogen) atoms. The van der Waals surface area contributed by atoms with Gasteiger partial charge in [-0.1, -0.05) is 30.7 Å². The highest BCUT2D eigenvalue weighted by Crippen LogP contribution is 2.09. The Kier molecular flexibility index (Phi) is 4.73. The molecule has 4 nitrogen and oxygen atoms in total. The molecule has 0 saturated heterocycles. The Hall–Kier alpha value is -1.39. The topological polar surface area (TPSA) is 42.7 Å². The van der Waals surface area contributed by atoms with E-state index in [1.165, 1.54) is 5.56 Å². The summed E-state index contributed by atoms with van der Waals surface area (Å²) in [5.41, 5.74) is 1.21. The molecule has 0 fully saturated rings. The molecule has 0 radical (unpaired) electrons. The lowest BCUT2D eigenvalue weighted by molar-refractivity contribution is 0.542. The number of nitrogens with zero attached hydrogens (tertiary/aromatic N) is 3. The van der Waals surface area contributed by atoms with E-state index in [-0.39, 0.29) is 0 Å². The number of nitrogens with one attached hydrogen (secondary N) is 1. The average Bonchev–Trinajstić information content (AvgIpc) is 2.80. The Morgan fingerprint density at radius 1 is 1.22 bits per heavy atom. The van der Waals surface area contributed by atoms with Crippen LogP contribution in [0.5, 0.6) is 0 Å². The fourth-order valence-electron chi connectivity index (χ4n) is 1.74. The van der Waals surface area contributed by atoms with Crippen molar-refractivity contribution in [2.75, 3.05) is 0 Å². The second kappa shape index (κ2) is 6.52. The minimum Gasteiger partial charge on any atom is -0.306 e. The highest BCUT2D eigenvalue weighted by atomic mass is 35.5. The van der Waals surface area contributed by atoms with Crippen molar-refractivity contribution in [2.45, 2.75) is 33.0 Å². The summed E-state index contributed by atoms with van der Waals surface area (Å²) in [6.07, 6.45) is 2.67. The van der Waals surface area contributed by atoms with Crippen LogP contribution in [0.2, 0.25) is 5.02 Å². The zero-order valence-corrected chi connectivity index (χ0v) is 11.2. The summed E-state index contributed by atoms with van der Waals surface area (Å²) < 4.78 is 1.94. The van der Waals surface area contributed by atoms with Gasteiger partial charge >= 0.3 is 0 Å². The van der Waals surface area contributed by atoms with Crippen molar-refractivity contribution < 1.29 is 0 Å². The molecule has 0 unspecified atom stereocenters. The molecular formula is C13H17ClN4. The molecule has 5 heteroatoms.